The van der Waals surface area contributed by atoms with Gasteiger partial charge >= 0.3 is 0 Å². The molecule has 12 heavy (non-hydrogen) atoms. The van der Waals surface area contributed by atoms with Crippen LogP contribution in [0.4, 0.5) is 0 Å². The first-order valence-electron chi connectivity index (χ1n) is 4.65. The standard InChI is InChI=1S/C10H13NO/c11-7-8-1-3-10(4-2-8)5-9(12)6-10/h8H,1-6H2. The Kier molecular flexibility index (Phi) is 1.68. The molecule has 2 aliphatic carbocycles. The van der Waals surface area contributed by atoms with Gasteiger partial charge in [-0.2, -0.15) is 5.26 Å². The van der Waals surface area contributed by atoms with Crippen LogP contribution < -0.4 is 0 Å². The molecule has 64 valence electrons. The average molecular weight is 163 g/mol. The first-order valence-corrected chi connectivity index (χ1v) is 4.65. The van der Waals surface area contributed by atoms with Gasteiger partial charge in [-0.1, -0.05) is 0 Å². The van der Waals surface area contributed by atoms with Crippen LogP contribution in [0.3, 0.4) is 0 Å². The molecule has 0 aliphatic heterocycles. The second-order valence-corrected chi connectivity index (χ2v) is 4.30. The zero-order chi connectivity index (χ0) is 8.60. The van der Waals surface area contributed by atoms with Crippen LogP contribution in [0.5, 0.6) is 0 Å². The Morgan fingerprint density at radius 3 is 2.33 bits per heavy atom. The zero-order valence-electron chi connectivity index (χ0n) is 7.18. The minimum Gasteiger partial charge on any atom is -0.300 e. The molecule has 0 aromatic carbocycles. The van der Waals surface area contributed by atoms with Gasteiger partial charge < -0.3 is 0 Å². The van der Waals surface area contributed by atoms with Crippen LogP contribution in [-0.4, -0.2) is 5.78 Å². The van der Waals surface area contributed by atoms with E-state index in [0.29, 0.717) is 11.2 Å². The van der Waals surface area contributed by atoms with Crippen molar-refractivity contribution in [2.45, 2.75) is 38.5 Å². The number of nitriles is 1. The number of hydrogen-bond acceptors (Lipinski definition) is 2. The summed E-state index contributed by atoms with van der Waals surface area (Å²) in [5.74, 6) is 0.691. The quantitative estimate of drug-likeness (QED) is 0.548. The molecule has 2 saturated carbocycles. The van der Waals surface area contributed by atoms with Crippen LogP contribution in [0.15, 0.2) is 0 Å². The maximum Gasteiger partial charge on any atom is 0.134 e. The van der Waals surface area contributed by atoms with Crippen LogP contribution in [-0.2, 0) is 4.79 Å². The van der Waals surface area contributed by atoms with Gasteiger partial charge in [-0.3, -0.25) is 4.79 Å². The first kappa shape index (κ1) is 7.79. The van der Waals surface area contributed by atoms with E-state index in [4.69, 9.17) is 5.26 Å². The van der Waals surface area contributed by atoms with Crippen LogP contribution in [0.2, 0.25) is 0 Å². The number of ketones is 1. The summed E-state index contributed by atoms with van der Waals surface area (Å²) in [6.45, 7) is 0. The van der Waals surface area contributed by atoms with Gasteiger partial charge in [0.05, 0.1) is 6.07 Å². The highest BCUT2D eigenvalue weighted by atomic mass is 16.1. The lowest BCUT2D eigenvalue weighted by atomic mass is 9.59. The SMILES string of the molecule is N#CC1CCC2(CC1)CC(=O)C2. The van der Waals surface area contributed by atoms with Crippen molar-refractivity contribution >= 4 is 5.78 Å². The van der Waals surface area contributed by atoms with Gasteiger partial charge in [0, 0.05) is 18.8 Å². The molecule has 0 saturated heterocycles. The number of rotatable bonds is 0. The topological polar surface area (TPSA) is 40.9 Å². The van der Waals surface area contributed by atoms with Crippen molar-refractivity contribution in [2.24, 2.45) is 11.3 Å². The normalized spacial score (nSPS) is 28.1. The number of nitrogens with zero attached hydrogens (tertiary/aromatic N) is 1. The Bertz CT molecular complexity index is 233. The highest BCUT2D eigenvalue weighted by Gasteiger charge is 2.45. The summed E-state index contributed by atoms with van der Waals surface area (Å²) in [7, 11) is 0. The largest absolute Gasteiger partial charge is 0.300 e. The molecule has 0 heterocycles. The number of Topliss-reactive ketones (excluding diaryl/α,β-unsaturated/α-hetero) is 1. The predicted molar refractivity (Wildman–Crippen MR) is 44.2 cm³/mol. The first-order chi connectivity index (χ1) is 5.74. The fourth-order valence-corrected chi connectivity index (χ4v) is 2.50. The summed E-state index contributed by atoms with van der Waals surface area (Å²) in [6.07, 6.45) is 5.85. The Morgan fingerprint density at radius 2 is 1.92 bits per heavy atom. The van der Waals surface area contributed by atoms with Crippen molar-refractivity contribution in [3.8, 4) is 6.07 Å². The summed E-state index contributed by atoms with van der Waals surface area (Å²) < 4.78 is 0. The van der Waals surface area contributed by atoms with Gasteiger partial charge in [0.25, 0.3) is 0 Å². The van der Waals surface area contributed by atoms with E-state index in [1.807, 2.05) is 0 Å². The number of carbonyl (C=O) groups excluding carboxylic acids is 1. The van der Waals surface area contributed by atoms with Gasteiger partial charge in [-0.25, -0.2) is 0 Å². The smallest absolute Gasteiger partial charge is 0.134 e. The van der Waals surface area contributed by atoms with E-state index in [-0.39, 0.29) is 5.92 Å². The maximum atomic E-state index is 10.9. The molecule has 0 unspecified atom stereocenters. The van der Waals surface area contributed by atoms with Crippen LogP contribution in [0.1, 0.15) is 38.5 Å². The molecular formula is C10H13NO. The zero-order valence-corrected chi connectivity index (χ0v) is 7.18. The molecule has 2 heteroatoms. The van der Waals surface area contributed by atoms with Crippen LogP contribution in [0.25, 0.3) is 0 Å². The van der Waals surface area contributed by atoms with Crippen molar-refractivity contribution < 1.29 is 4.79 Å². The molecule has 2 nitrogen and oxygen atoms in total. The summed E-state index contributed by atoms with van der Waals surface area (Å²) >= 11 is 0. The van der Waals surface area contributed by atoms with Crippen molar-refractivity contribution in [1.82, 2.24) is 0 Å². The molecule has 2 aliphatic rings. The van der Waals surface area contributed by atoms with Crippen molar-refractivity contribution in [3.63, 3.8) is 0 Å². The minimum absolute atomic E-state index is 0.270. The Morgan fingerprint density at radius 1 is 1.33 bits per heavy atom. The molecule has 2 fully saturated rings. The third kappa shape index (κ3) is 1.14. The third-order valence-electron chi connectivity index (χ3n) is 3.37. The lowest BCUT2D eigenvalue weighted by Crippen LogP contribution is -2.40. The minimum atomic E-state index is 0.270. The fourth-order valence-electron chi connectivity index (χ4n) is 2.50. The highest BCUT2D eigenvalue weighted by Crippen LogP contribution is 2.50. The second-order valence-electron chi connectivity index (χ2n) is 4.30. The van der Waals surface area contributed by atoms with Gasteiger partial charge in [0.2, 0.25) is 0 Å². The van der Waals surface area contributed by atoms with Crippen LogP contribution in [0, 0.1) is 22.7 Å². The highest BCUT2D eigenvalue weighted by molar-refractivity contribution is 5.86. The fraction of sp³-hybridized carbons (Fsp3) is 0.800. The molecular weight excluding hydrogens is 150 g/mol. The van der Waals surface area contributed by atoms with E-state index >= 15 is 0 Å². The van der Waals surface area contributed by atoms with Crippen LogP contribution >= 0.6 is 0 Å². The molecule has 0 bridgehead atoms. The van der Waals surface area contributed by atoms with E-state index in [0.717, 1.165) is 38.5 Å². The van der Waals surface area contributed by atoms with E-state index in [9.17, 15) is 4.79 Å². The van der Waals surface area contributed by atoms with E-state index in [1.165, 1.54) is 0 Å². The summed E-state index contributed by atoms with van der Waals surface area (Å²) in [5.41, 5.74) is 0.352. The van der Waals surface area contributed by atoms with Gasteiger partial charge in [-0.15, -0.1) is 0 Å². The lowest BCUT2D eigenvalue weighted by molar-refractivity contribution is -0.134. The molecule has 0 N–H and O–H groups in total. The Hall–Kier alpha value is -0.840. The predicted octanol–water partition coefficient (Wildman–Crippen LogP) is 2.05. The second kappa shape index (κ2) is 2.58. The number of hydrogen-bond donors (Lipinski definition) is 0. The van der Waals surface area contributed by atoms with Gasteiger partial charge in [-0.05, 0) is 31.1 Å². The van der Waals surface area contributed by atoms with E-state index in [1.54, 1.807) is 0 Å². The Balaban J connectivity index is 1.92. The molecule has 0 amide bonds. The van der Waals surface area contributed by atoms with Gasteiger partial charge in [0.15, 0.2) is 0 Å². The molecule has 2 rings (SSSR count). The van der Waals surface area contributed by atoms with E-state index < -0.39 is 0 Å². The van der Waals surface area contributed by atoms with Gasteiger partial charge in [0.1, 0.15) is 5.78 Å². The summed E-state index contributed by atoms with van der Waals surface area (Å²) in [5, 5.41) is 8.69. The summed E-state index contributed by atoms with van der Waals surface area (Å²) in [4.78, 5) is 10.9. The van der Waals surface area contributed by atoms with Crippen molar-refractivity contribution in [2.75, 3.05) is 0 Å². The summed E-state index contributed by atoms with van der Waals surface area (Å²) in [6, 6.07) is 2.32. The molecule has 0 aromatic heterocycles. The third-order valence-corrected chi connectivity index (χ3v) is 3.37. The lowest BCUT2D eigenvalue weighted by Gasteiger charge is -2.44. The monoisotopic (exact) mass is 163 g/mol. The average Bonchev–Trinajstić information content (AvgIpc) is 2.04. The molecule has 0 atom stereocenters. The Labute approximate surface area is 72.6 Å². The maximum absolute atomic E-state index is 10.9. The molecule has 0 radical (unpaired) electrons. The van der Waals surface area contributed by atoms with Crippen molar-refractivity contribution in [3.05, 3.63) is 0 Å². The van der Waals surface area contributed by atoms with E-state index in [2.05, 4.69) is 6.07 Å². The number of carbonyl (C=O) groups is 1. The molecule has 1 spiro atoms. The molecule has 0 aromatic rings. The van der Waals surface area contributed by atoms with Crippen molar-refractivity contribution in [1.29, 1.82) is 5.26 Å².